The zero-order valence-electron chi connectivity index (χ0n) is 10.6. The fourth-order valence-corrected chi connectivity index (χ4v) is 1.83. The molecule has 0 saturated heterocycles. The summed E-state index contributed by atoms with van der Waals surface area (Å²) in [6.07, 6.45) is -3.87. The third-order valence-corrected chi connectivity index (χ3v) is 2.95. The van der Waals surface area contributed by atoms with Crippen LogP contribution in [0, 0.1) is 17.9 Å². The van der Waals surface area contributed by atoms with Crippen molar-refractivity contribution in [2.24, 2.45) is 0 Å². The predicted molar refractivity (Wildman–Crippen MR) is 66.4 cm³/mol. The third-order valence-electron chi connectivity index (χ3n) is 2.95. The molecule has 1 aromatic rings. The summed E-state index contributed by atoms with van der Waals surface area (Å²) in [5.74, 6) is 0. The number of aliphatic hydroxyl groups excluding tert-OH is 1. The summed E-state index contributed by atoms with van der Waals surface area (Å²) in [5.41, 5.74) is -1.60. The number of halogens is 3. The van der Waals surface area contributed by atoms with Crippen LogP contribution < -0.4 is 0 Å². The Morgan fingerprint density at radius 2 is 1.85 bits per heavy atom. The number of nitrogens with zero attached hydrogens (tertiary/aromatic N) is 2. The molecule has 0 spiro atoms. The van der Waals surface area contributed by atoms with Crippen LogP contribution in [0.5, 0.6) is 0 Å². The van der Waals surface area contributed by atoms with Gasteiger partial charge < -0.3 is 5.11 Å². The lowest BCUT2D eigenvalue weighted by Gasteiger charge is -2.14. The summed E-state index contributed by atoms with van der Waals surface area (Å²) in [5, 5.41) is 17.9. The maximum Gasteiger partial charge on any atom is 0.416 e. The fourth-order valence-electron chi connectivity index (χ4n) is 1.83. The highest BCUT2D eigenvalue weighted by Crippen LogP contribution is 2.30. The van der Waals surface area contributed by atoms with Gasteiger partial charge in [-0.2, -0.15) is 18.4 Å². The van der Waals surface area contributed by atoms with Crippen molar-refractivity contribution in [3.63, 3.8) is 0 Å². The van der Waals surface area contributed by atoms with Gasteiger partial charge in [0, 0.05) is 13.0 Å². The molecular formula is C14H13F3N2O. The molecule has 106 valence electrons. The van der Waals surface area contributed by atoms with E-state index in [2.05, 4.69) is 4.85 Å². The topological polar surface area (TPSA) is 48.4 Å². The van der Waals surface area contributed by atoms with Gasteiger partial charge in [0.25, 0.3) is 0 Å². The molecule has 0 saturated carbocycles. The average Bonchev–Trinajstić information content (AvgIpc) is 2.43. The molecule has 1 atom stereocenters. The van der Waals surface area contributed by atoms with Crippen LogP contribution in [0.2, 0.25) is 0 Å². The van der Waals surface area contributed by atoms with E-state index in [-0.39, 0.29) is 19.4 Å². The first-order valence-electron chi connectivity index (χ1n) is 5.94. The van der Waals surface area contributed by atoms with E-state index >= 15 is 0 Å². The summed E-state index contributed by atoms with van der Waals surface area (Å²) < 4.78 is 37.3. The summed E-state index contributed by atoms with van der Waals surface area (Å²) in [7, 11) is 0. The lowest BCUT2D eigenvalue weighted by atomic mass is 9.88. The van der Waals surface area contributed by atoms with Crippen LogP contribution in [0.3, 0.4) is 0 Å². The van der Waals surface area contributed by atoms with Crippen LogP contribution in [0.4, 0.5) is 13.2 Å². The van der Waals surface area contributed by atoms with Crippen molar-refractivity contribution in [2.75, 3.05) is 6.61 Å². The maximum atomic E-state index is 12.4. The molecule has 6 heteroatoms. The molecule has 0 radical (unpaired) electrons. The Labute approximate surface area is 115 Å². The van der Waals surface area contributed by atoms with Gasteiger partial charge in [-0.25, -0.2) is 6.57 Å². The Balaban J connectivity index is 2.91. The van der Waals surface area contributed by atoms with Crippen molar-refractivity contribution in [1.29, 1.82) is 5.26 Å². The van der Waals surface area contributed by atoms with Crippen LogP contribution >= 0.6 is 0 Å². The van der Waals surface area contributed by atoms with Gasteiger partial charge in [-0.15, -0.1) is 0 Å². The Kier molecular flexibility index (Phi) is 5.12. The molecule has 1 N–H and O–H groups in total. The van der Waals surface area contributed by atoms with Gasteiger partial charge >= 0.3 is 11.7 Å². The predicted octanol–water partition coefficient (Wildman–Crippen LogP) is 3.20. The SMILES string of the molecule is [C-]#[N+]C(C#N)(CCCO)Cc1ccc(C(F)(F)F)cc1. The first-order valence-corrected chi connectivity index (χ1v) is 5.94. The Morgan fingerprint density at radius 3 is 2.25 bits per heavy atom. The lowest BCUT2D eigenvalue weighted by molar-refractivity contribution is -0.137. The highest BCUT2D eigenvalue weighted by molar-refractivity contribution is 5.29. The second kappa shape index (κ2) is 6.40. The van der Waals surface area contributed by atoms with Gasteiger partial charge in [-0.1, -0.05) is 12.1 Å². The van der Waals surface area contributed by atoms with Crippen LogP contribution in [-0.4, -0.2) is 17.3 Å². The Bertz CT molecular complexity index is 509. The summed E-state index contributed by atoms with van der Waals surface area (Å²) >= 11 is 0. The highest BCUT2D eigenvalue weighted by atomic mass is 19.4. The van der Waals surface area contributed by atoms with E-state index in [0.717, 1.165) is 12.1 Å². The quantitative estimate of drug-likeness (QED) is 0.843. The first-order chi connectivity index (χ1) is 9.37. The standard InChI is InChI=1S/C14H13F3N2O/c1-19-13(10-18,7-2-8-20)9-11-3-5-12(6-4-11)14(15,16)17/h3-6,20H,2,7-9H2. The van der Waals surface area contributed by atoms with E-state index in [1.807, 2.05) is 6.07 Å². The van der Waals surface area contributed by atoms with E-state index in [4.69, 9.17) is 16.9 Å². The third kappa shape index (κ3) is 3.97. The Hall–Kier alpha value is -2.05. The molecule has 20 heavy (non-hydrogen) atoms. The van der Waals surface area contributed by atoms with E-state index in [1.54, 1.807) is 0 Å². The normalized spacial score (nSPS) is 14.1. The van der Waals surface area contributed by atoms with E-state index in [1.165, 1.54) is 12.1 Å². The van der Waals surface area contributed by atoms with Crippen molar-refractivity contribution < 1.29 is 18.3 Å². The van der Waals surface area contributed by atoms with E-state index < -0.39 is 17.3 Å². The van der Waals surface area contributed by atoms with Crippen molar-refractivity contribution in [3.05, 3.63) is 46.8 Å². The number of rotatable bonds is 5. The first kappa shape index (κ1) is 16.0. The molecular weight excluding hydrogens is 269 g/mol. The fraction of sp³-hybridized carbons (Fsp3) is 0.429. The number of benzene rings is 1. The maximum absolute atomic E-state index is 12.4. The minimum atomic E-state index is -4.40. The second-order valence-corrected chi connectivity index (χ2v) is 4.45. The van der Waals surface area contributed by atoms with Gasteiger partial charge in [0.1, 0.15) is 0 Å². The van der Waals surface area contributed by atoms with Gasteiger partial charge in [-0.3, -0.25) is 4.85 Å². The number of nitriles is 1. The van der Waals surface area contributed by atoms with E-state index in [0.29, 0.717) is 12.0 Å². The van der Waals surface area contributed by atoms with Gasteiger partial charge in [0.15, 0.2) is 6.07 Å². The van der Waals surface area contributed by atoms with Crippen LogP contribution in [-0.2, 0) is 12.6 Å². The summed E-state index contributed by atoms with van der Waals surface area (Å²) in [6, 6.07) is 6.34. The van der Waals surface area contributed by atoms with Gasteiger partial charge in [0.2, 0.25) is 0 Å². The highest BCUT2D eigenvalue weighted by Gasteiger charge is 2.37. The van der Waals surface area contributed by atoms with E-state index in [9.17, 15) is 13.2 Å². The number of hydrogen-bond acceptors (Lipinski definition) is 2. The van der Waals surface area contributed by atoms with Crippen molar-refractivity contribution in [2.45, 2.75) is 31.0 Å². The molecule has 0 aliphatic carbocycles. The van der Waals surface area contributed by atoms with Gasteiger partial charge in [-0.05, 0) is 24.1 Å². The monoisotopic (exact) mass is 282 g/mol. The molecule has 0 fully saturated rings. The number of alkyl halides is 3. The van der Waals surface area contributed by atoms with Crippen molar-refractivity contribution in [3.8, 4) is 6.07 Å². The molecule has 0 amide bonds. The molecule has 0 heterocycles. The molecule has 0 aliphatic rings. The summed E-state index contributed by atoms with van der Waals surface area (Å²) in [4.78, 5) is 3.30. The number of aliphatic hydroxyl groups is 1. The van der Waals surface area contributed by atoms with Gasteiger partial charge in [0.05, 0.1) is 12.0 Å². The van der Waals surface area contributed by atoms with Crippen LogP contribution in [0.25, 0.3) is 4.85 Å². The molecule has 1 unspecified atom stereocenters. The molecule has 0 bridgehead atoms. The van der Waals surface area contributed by atoms with Crippen molar-refractivity contribution in [1.82, 2.24) is 0 Å². The number of hydrogen-bond donors (Lipinski definition) is 1. The van der Waals surface area contributed by atoms with Crippen LogP contribution in [0.15, 0.2) is 24.3 Å². The molecule has 1 rings (SSSR count). The van der Waals surface area contributed by atoms with Crippen molar-refractivity contribution >= 4 is 0 Å². The zero-order valence-corrected chi connectivity index (χ0v) is 10.6. The largest absolute Gasteiger partial charge is 0.416 e. The minimum absolute atomic E-state index is 0.0468. The smallest absolute Gasteiger partial charge is 0.396 e. The summed E-state index contributed by atoms with van der Waals surface area (Å²) in [6.45, 7) is 6.99. The molecule has 0 aliphatic heterocycles. The van der Waals surface area contributed by atoms with Crippen LogP contribution in [0.1, 0.15) is 24.0 Å². The lowest BCUT2D eigenvalue weighted by Crippen LogP contribution is -2.26. The minimum Gasteiger partial charge on any atom is -0.396 e. The zero-order chi connectivity index (χ0) is 15.2. The Morgan fingerprint density at radius 1 is 1.25 bits per heavy atom. The molecule has 3 nitrogen and oxygen atoms in total. The average molecular weight is 282 g/mol. The molecule has 1 aromatic carbocycles. The second-order valence-electron chi connectivity index (χ2n) is 4.45. The molecule has 0 aromatic heterocycles.